The molecular formula is C18H36N2O5. The molecule has 0 aromatic heterocycles. The predicted molar refractivity (Wildman–Crippen MR) is 98.3 cm³/mol. The van der Waals surface area contributed by atoms with E-state index in [1.807, 2.05) is 20.8 Å². The summed E-state index contributed by atoms with van der Waals surface area (Å²) in [6, 6.07) is 0.0673. The zero-order valence-electron chi connectivity index (χ0n) is 15.6. The average Bonchev–Trinajstić information content (AvgIpc) is 2.53. The molecule has 2 amide bonds. The van der Waals surface area contributed by atoms with Gasteiger partial charge < -0.3 is 20.1 Å². The van der Waals surface area contributed by atoms with E-state index in [1.165, 1.54) is 0 Å². The summed E-state index contributed by atoms with van der Waals surface area (Å²) in [4.78, 5) is 35.1. The van der Waals surface area contributed by atoms with Crippen LogP contribution in [0.3, 0.4) is 0 Å². The third-order valence-corrected chi connectivity index (χ3v) is 4.23. The van der Waals surface area contributed by atoms with Crippen molar-refractivity contribution in [1.29, 1.82) is 0 Å². The molecule has 0 heterocycles. The number of carbonyl (C=O) groups excluding carboxylic acids is 3. The van der Waals surface area contributed by atoms with Gasteiger partial charge in [0, 0.05) is 46.7 Å². The molecule has 0 bridgehead atoms. The number of Topliss-reactive ketones (excluding diaryl/α,β-unsaturated/α-hetero) is 1. The molecule has 7 nitrogen and oxygen atoms in total. The van der Waals surface area contributed by atoms with Gasteiger partial charge in [-0.25, -0.2) is 0 Å². The lowest BCUT2D eigenvalue weighted by Gasteiger charge is -2.34. The number of hydrogen-bond acceptors (Lipinski definition) is 5. The van der Waals surface area contributed by atoms with Crippen molar-refractivity contribution in [2.45, 2.75) is 52.5 Å². The quantitative estimate of drug-likeness (QED) is 0.486. The van der Waals surface area contributed by atoms with Gasteiger partial charge in [-0.3, -0.25) is 14.4 Å². The van der Waals surface area contributed by atoms with Crippen molar-refractivity contribution < 1.29 is 26.7 Å². The summed E-state index contributed by atoms with van der Waals surface area (Å²) in [5.74, 6) is 0.128. The monoisotopic (exact) mass is 360 g/mol. The van der Waals surface area contributed by atoms with Crippen LogP contribution in [-0.4, -0.2) is 56.6 Å². The minimum atomic E-state index is -0.0737. The molecule has 1 aliphatic carbocycles. The Morgan fingerprint density at radius 1 is 1.08 bits per heavy atom. The second-order valence-corrected chi connectivity index (χ2v) is 6.65. The highest BCUT2D eigenvalue weighted by atomic mass is 16.5. The van der Waals surface area contributed by atoms with E-state index in [2.05, 4.69) is 10.6 Å². The number of ether oxygens (including phenoxy) is 2. The number of amides is 2. The number of rotatable bonds is 13. The Balaban J connectivity index is 0. The molecule has 0 unspecified atom stereocenters. The normalized spacial score (nSPS) is 19.4. The molecular weight excluding hydrogens is 324 g/mol. The van der Waals surface area contributed by atoms with E-state index in [1.54, 1.807) is 0 Å². The van der Waals surface area contributed by atoms with Crippen molar-refractivity contribution in [2.24, 2.45) is 11.8 Å². The van der Waals surface area contributed by atoms with Gasteiger partial charge in [0.1, 0.15) is 5.78 Å². The lowest BCUT2D eigenvalue weighted by atomic mass is 9.79. The van der Waals surface area contributed by atoms with E-state index < -0.39 is 0 Å². The molecule has 0 atom stereocenters. The van der Waals surface area contributed by atoms with Crippen LogP contribution in [0.1, 0.15) is 49.3 Å². The second kappa shape index (κ2) is 12.0. The molecule has 1 fully saturated rings. The highest BCUT2D eigenvalue weighted by Crippen LogP contribution is 2.27. The van der Waals surface area contributed by atoms with Crippen LogP contribution < -0.4 is 10.6 Å². The third kappa shape index (κ3) is 8.97. The maximum Gasteiger partial charge on any atom is 0.223 e. The first-order valence-corrected chi connectivity index (χ1v) is 9.19. The molecule has 7 heteroatoms. The molecule has 1 rings (SSSR count). The summed E-state index contributed by atoms with van der Waals surface area (Å²) in [6.45, 7) is 8.00. The fraction of sp³-hybridized carbons (Fsp3) is 0.833. The van der Waals surface area contributed by atoms with Crippen LogP contribution in [0.2, 0.25) is 0 Å². The molecule has 0 aromatic rings. The van der Waals surface area contributed by atoms with Crippen LogP contribution in [0.4, 0.5) is 0 Å². The minimum Gasteiger partial charge on any atom is -0.380 e. The Morgan fingerprint density at radius 2 is 1.76 bits per heavy atom. The minimum absolute atomic E-state index is 0. The van der Waals surface area contributed by atoms with Gasteiger partial charge in [0.2, 0.25) is 11.8 Å². The molecule has 0 spiro atoms. The summed E-state index contributed by atoms with van der Waals surface area (Å²) in [5, 5.41) is 5.74. The van der Waals surface area contributed by atoms with Gasteiger partial charge in [-0.2, -0.15) is 0 Å². The maximum absolute atomic E-state index is 11.8. The van der Waals surface area contributed by atoms with Crippen LogP contribution >= 0.6 is 0 Å². The molecule has 148 valence electrons. The first-order chi connectivity index (χ1) is 11.9. The van der Waals surface area contributed by atoms with Crippen LogP contribution in [0.25, 0.3) is 0 Å². The number of nitrogens with one attached hydrogen (secondary N) is 2. The van der Waals surface area contributed by atoms with E-state index in [0.29, 0.717) is 52.2 Å². The van der Waals surface area contributed by atoms with Gasteiger partial charge in [0.15, 0.2) is 0 Å². The number of hydrogen-bond donors (Lipinski definition) is 2. The van der Waals surface area contributed by atoms with Crippen LogP contribution in [0.15, 0.2) is 0 Å². The average molecular weight is 360 g/mol. The third-order valence-electron chi connectivity index (χ3n) is 4.23. The van der Waals surface area contributed by atoms with Crippen molar-refractivity contribution in [1.82, 2.24) is 10.6 Å². The fourth-order valence-electron chi connectivity index (χ4n) is 2.51. The standard InChI is InChI=1S/C18H32N2O5.2H2/c1-4-24-10-7-19-18(23)14-11-15(12-14)20-17(22)6-9-25-8-5-16(21)13(2)3;;/h13-15H,4-12H2,1-3H3,(H,19,23)(H,20,22);2*1H. The largest absolute Gasteiger partial charge is 0.380 e. The summed E-state index contributed by atoms with van der Waals surface area (Å²) >= 11 is 0. The molecule has 25 heavy (non-hydrogen) atoms. The van der Waals surface area contributed by atoms with Crippen molar-refractivity contribution >= 4 is 17.6 Å². The Kier molecular flexibility index (Phi) is 10.3. The zero-order chi connectivity index (χ0) is 18.7. The van der Waals surface area contributed by atoms with Gasteiger partial charge in [0.05, 0.1) is 19.8 Å². The first kappa shape index (κ1) is 21.6. The Morgan fingerprint density at radius 3 is 2.40 bits per heavy atom. The van der Waals surface area contributed by atoms with E-state index in [-0.39, 0.29) is 44.7 Å². The molecule has 0 aromatic carbocycles. The number of ketones is 1. The molecule has 0 saturated heterocycles. The first-order valence-electron chi connectivity index (χ1n) is 9.19. The molecule has 1 aliphatic rings. The summed E-state index contributed by atoms with van der Waals surface area (Å²) < 4.78 is 10.5. The molecule has 2 N–H and O–H groups in total. The van der Waals surface area contributed by atoms with E-state index >= 15 is 0 Å². The topological polar surface area (TPSA) is 93.7 Å². The van der Waals surface area contributed by atoms with E-state index in [9.17, 15) is 14.4 Å². The molecule has 1 saturated carbocycles. The van der Waals surface area contributed by atoms with Gasteiger partial charge >= 0.3 is 0 Å². The fourth-order valence-corrected chi connectivity index (χ4v) is 2.51. The highest BCUT2D eigenvalue weighted by molar-refractivity contribution is 5.81. The Hall–Kier alpha value is -1.47. The molecule has 0 aliphatic heterocycles. The van der Waals surface area contributed by atoms with Gasteiger partial charge in [-0.1, -0.05) is 13.8 Å². The number of carbonyl (C=O) groups is 3. The highest BCUT2D eigenvalue weighted by Gasteiger charge is 2.34. The SMILES string of the molecule is CCOCCNC(=O)C1CC(NC(=O)CCOCCC(=O)C(C)C)C1.[HH].[HH]. The van der Waals surface area contributed by atoms with Gasteiger partial charge in [0.25, 0.3) is 0 Å². The van der Waals surface area contributed by atoms with Crippen molar-refractivity contribution in [3.63, 3.8) is 0 Å². The summed E-state index contributed by atoms with van der Waals surface area (Å²) in [7, 11) is 0. The van der Waals surface area contributed by atoms with E-state index in [0.717, 1.165) is 0 Å². The van der Waals surface area contributed by atoms with Crippen LogP contribution in [-0.2, 0) is 23.9 Å². The van der Waals surface area contributed by atoms with Crippen molar-refractivity contribution in [3.8, 4) is 0 Å². The van der Waals surface area contributed by atoms with Crippen molar-refractivity contribution in [2.75, 3.05) is 33.0 Å². The zero-order valence-corrected chi connectivity index (χ0v) is 15.6. The molecule has 0 radical (unpaired) electrons. The lowest BCUT2D eigenvalue weighted by molar-refractivity contribution is -0.131. The van der Waals surface area contributed by atoms with Crippen LogP contribution in [0, 0.1) is 11.8 Å². The van der Waals surface area contributed by atoms with Gasteiger partial charge in [-0.15, -0.1) is 0 Å². The van der Waals surface area contributed by atoms with E-state index in [4.69, 9.17) is 9.47 Å². The maximum atomic E-state index is 11.8. The lowest BCUT2D eigenvalue weighted by Crippen LogP contribution is -2.49. The smallest absolute Gasteiger partial charge is 0.223 e. The second-order valence-electron chi connectivity index (χ2n) is 6.65. The van der Waals surface area contributed by atoms with Crippen molar-refractivity contribution in [3.05, 3.63) is 0 Å². The Bertz CT molecular complexity index is 443. The summed E-state index contributed by atoms with van der Waals surface area (Å²) in [6.07, 6.45) is 2.02. The van der Waals surface area contributed by atoms with Crippen LogP contribution in [0.5, 0.6) is 0 Å². The summed E-state index contributed by atoms with van der Waals surface area (Å²) in [5.41, 5.74) is 0. The predicted octanol–water partition coefficient (Wildman–Crippen LogP) is 1.55. The Labute approximate surface area is 153 Å². The van der Waals surface area contributed by atoms with Gasteiger partial charge in [-0.05, 0) is 19.8 Å².